The Kier molecular flexibility index (Phi) is 7.52. The molecule has 0 unspecified atom stereocenters. The molecule has 0 aliphatic heterocycles. The maximum Gasteiger partial charge on any atom is 0.321 e. The Hall–Kier alpha value is -2.70. The van der Waals surface area contributed by atoms with Gasteiger partial charge in [-0.25, -0.2) is 9.78 Å². The predicted octanol–water partition coefficient (Wildman–Crippen LogP) is 3.47. The average Bonchev–Trinajstić information content (AvgIpc) is 3.07. The molecule has 0 saturated heterocycles. The summed E-state index contributed by atoms with van der Waals surface area (Å²) in [6, 6.07) is 5.41. The Morgan fingerprint density at radius 1 is 1.26 bits per heavy atom. The van der Waals surface area contributed by atoms with Crippen LogP contribution in [0.1, 0.15) is 26.0 Å². The summed E-state index contributed by atoms with van der Waals surface area (Å²) in [4.78, 5) is 18.6. The molecule has 0 aliphatic carbocycles. The van der Waals surface area contributed by atoms with E-state index in [0.29, 0.717) is 30.5 Å². The highest BCUT2D eigenvalue weighted by molar-refractivity contribution is 5.92. The lowest BCUT2D eigenvalue weighted by Gasteiger charge is -2.26. The zero-order valence-electron chi connectivity index (χ0n) is 16.9. The molecule has 0 radical (unpaired) electrons. The van der Waals surface area contributed by atoms with Gasteiger partial charge in [0.05, 0.1) is 20.5 Å². The number of nitrogens with one attached hydrogen (secondary N) is 1. The number of benzene rings is 1. The molecule has 2 rings (SSSR count). The van der Waals surface area contributed by atoms with Crippen LogP contribution in [-0.4, -0.2) is 42.9 Å². The van der Waals surface area contributed by atoms with Crippen LogP contribution in [0.3, 0.4) is 0 Å². The summed E-state index contributed by atoms with van der Waals surface area (Å²) in [6.07, 6.45) is 4.48. The topological polar surface area (TPSA) is 68.6 Å². The summed E-state index contributed by atoms with van der Waals surface area (Å²) in [5.74, 6) is 1.58. The Labute approximate surface area is 161 Å². The SMILES string of the molecule is COc1ccc(N(CC(C)C)C(=O)NCCCn2cncc2C)cc1OC. The number of nitrogens with zero attached hydrogens (tertiary/aromatic N) is 3. The Morgan fingerprint density at radius 3 is 2.59 bits per heavy atom. The van der Waals surface area contributed by atoms with Gasteiger partial charge >= 0.3 is 6.03 Å². The first-order valence-electron chi connectivity index (χ1n) is 9.20. The van der Waals surface area contributed by atoms with E-state index in [0.717, 1.165) is 24.3 Å². The molecule has 27 heavy (non-hydrogen) atoms. The molecule has 1 aromatic heterocycles. The number of urea groups is 1. The second kappa shape index (κ2) is 9.85. The van der Waals surface area contributed by atoms with Crippen LogP contribution in [0.5, 0.6) is 11.5 Å². The number of imidazole rings is 1. The van der Waals surface area contributed by atoms with Gasteiger partial charge in [-0.05, 0) is 31.4 Å². The first-order chi connectivity index (χ1) is 13.0. The van der Waals surface area contributed by atoms with E-state index in [4.69, 9.17) is 9.47 Å². The van der Waals surface area contributed by atoms with Gasteiger partial charge in [-0.1, -0.05) is 13.8 Å². The minimum Gasteiger partial charge on any atom is -0.493 e. The van der Waals surface area contributed by atoms with Crippen LogP contribution in [0, 0.1) is 12.8 Å². The minimum atomic E-state index is -0.113. The summed E-state index contributed by atoms with van der Waals surface area (Å²) in [5.41, 5.74) is 1.90. The van der Waals surface area contributed by atoms with Gasteiger partial charge in [0.1, 0.15) is 0 Å². The summed E-state index contributed by atoms with van der Waals surface area (Å²) in [7, 11) is 3.19. The molecular formula is C20H30N4O3. The van der Waals surface area contributed by atoms with Gasteiger partial charge in [-0.2, -0.15) is 0 Å². The van der Waals surface area contributed by atoms with Crippen molar-refractivity contribution < 1.29 is 14.3 Å². The second-order valence-electron chi connectivity index (χ2n) is 6.86. The van der Waals surface area contributed by atoms with E-state index in [1.165, 1.54) is 0 Å². The number of amides is 2. The number of aromatic nitrogens is 2. The van der Waals surface area contributed by atoms with E-state index < -0.39 is 0 Å². The summed E-state index contributed by atoms with van der Waals surface area (Å²) < 4.78 is 12.7. The monoisotopic (exact) mass is 374 g/mol. The molecule has 0 atom stereocenters. The smallest absolute Gasteiger partial charge is 0.321 e. The average molecular weight is 374 g/mol. The van der Waals surface area contributed by atoms with Gasteiger partial charge in [0.25, 0.3) is 0 Å². The fourth-order valence-corrected chi connectivity index (χ4v) is 2.82. The van der Waals surface area contributed by atoms with Crippen LogP contribution in [0.15, 0.2) is 30.7 Å². The molecule has 0 bridgehead atoms. The number of methoxy groups -OCH3 is 2. The molecule has 0 aliphatic rings. The largest absolute Gasteiger partial charge is 0.493 e. The molecule has 7 heteroatoms. The molecule has 7 nitrogen and oxygen atoms in total. The quantitative estimate of drug-likeness (QED) is 0.683. The molecule has 1 aromatic carbocycles. The Bertz CT molecular complexity index is 743. The number of aryl methyl sites for hydroxylation is 2. The fraction of sp³-hybridized carbons (Fsp3) is 0.500. The van der Waals surface area contributed by atoms with Crippen molar-refractivity contribution >= 4 is 11.7 Å². The van der Waals surface area contributed by atoms with Crippen molar-refractivity contribution in [1.29, 1.82) is 0 Å². The third-order valence-corrected chi connectivity index (χ3v) is 4.24. The second-order valence-corrected chi connectivity index (χ2v) is 6.86. The number of hydrogen-bond donors (Lipinski definition) is 1. The number of carbonyl (C=O) groups is 1. The van der Waals surface area contributed by atoms with E-state index >= 15 is 0 Å². The summed E-state index contributed by atoms with van der Waals surface area (Å²) in [5, 5.41) is 3.02. The predicted molar refractivity (Wildman–Crippen MR) is 107 cm³/mol. The number of hydrogen-bond acceptors (Lipinski definition) is 4. The molecule has 1 N–H and O–H groups in total. The van der Waals surface area contributed by atoms with Gasteiger partial charge in [0.15, 0.2) is 11.5 Å². The lowest BCUT2D eigenvalue weighted by molar-refractivity contribution is 0.245. The molecule has 0 fully saturated rings. The van der Waals surface area contributed by atoms with Gasteiger partial charge < -0.3 is 19.4 Å². The van der Waals surface area contributed by atoms with Crippen molar-refractivity contribution in [1.82, 2.24) is 14.9 Å². The van der Waals surface area contributed by atoms with Crippen molar-refractivity contribution in [2.24, 2.45) is 5.92 Å². The minimum absolute atomic E-state index is 0.113. The van der Waals surface area contributed by atoms with Crippen molar-refractivity contribution in [3.63, 3.8) is 0 Å². The van der Waals surface area contributed by atoms with Crippen LogP contribution in [0.25, 0.3) is 0 Å². The third kappa shape index (κ3) is 5.64. The molecular weight excluding hydrogens is 344 g/mol. The standard InChI is InChI=1S/C20H30N4O3/c1-15(2)13-24(17-7-8-18(26-4)19(11-17)27-5)20(25)22-9-6-10-23-14-21-12-16(23)3/h7-8,11-12,14-15H,6,9-10,13H2,1-5H3,(H,22,25). The highest BCUT2D eigenvalue weighted by atomic mass is 16.5. The first kappa shape index (κ1) is 20.6. The Morgan fingerprint density at radius 2 is 2.00 bits per heavy atom. The van der Waals surface area contributed by atoms with Gasteiger partial charge in [0.2, 0.25) is 0 Å². The molecule has 2 amide bonds. The maximum atomic E-state index is 12.8. The van der Waals surface area contributed by atoms with Gasteiger partial charge in [-0.3, -0.25) is 4.90 Å². The number of rotatable bonds is 9. The fourth-order valence-electron chi connectivity index (χ4n) is 2.82. The normalized spacial score (nSPS) is 10.7. The van der Waals surface area contributed by atoms with Crippen molar-refractivity contribution in [2.45, 2.75) is 33.7 Å². The summed E-state index contributed by atoms with van der Waals surface area (Å²) in [6.45, 7) is 8.23. The number of carbonyl (C=O) groups excluding carboxylic acids is 1. The maximum absolute atomic E-state index is 12.8. The van der Waals surface area contributed by atoms with Crippen molar-refractivity contribution in [2.75, 3.05) is 32.2 Å². The molecule has 2 aromatic rings. The van der Waals surface area contributed by atoms with Crippen molar-refractivity contribution in [3.05, 3.63) is 36.4 Å². The molecule has 148 valence electrons. The third-order valence-electron chi connectivity index (χ3n) is 4.24. The highest BCUT2D eigenvalue weighted by Crippen LogP contribution is 2.31. The van der Waals surface area contributed by atoms with E-state index in [1.54, 1.807) is 19.1 Å². The van der Waals surface area contributed by atoms with Gasteiger partial charge in [-0.15, -0.1) is 0 Å². The van der Waals surface area contributed by atoms with Crippen LogP contribution >= 0.6 is 0 Å². The zero-order valence-corrected chi connectivity index (χ0v) is 16.9. The van der Waals surface area contributed by atoms with Crippen LogP contribution < -0.4 is 19.7 Å². The van der Waals surface area contributed by atoms with Crippen LogP contribution in [-0.2, 0) is 6.54 Å². The molecule has 1 heterocycles. The highest BCUT2D eigenvalue weighted by Gasteiger charge is 2.18. The molecule has 0 spiro atoms. The lowest BCUT2D eigenvalue weighted by Crippen LogP contribution is -2.42. The van der Waals surface area contributed by atoms with Crippen LogP contribution in [0.2, 0.25) is 0 Å². The van der Waals surface area contributed by atoms with E-state index in [-0.39, 0.29) is 6.03 Å². The van der Waals surface area contributed by atoms with Crippen molar-refractivity contribution in [3.8, 4) is 11.5 Å². The Balaban J connectivity index is 2.02. The molecule has 0 saturated carbocycles. The van der Waals surface area contributed by atoms with Crippen LogP contribution in [0.4, 0.5) is 10.5 Å². The first-order valence-corrected chi connectivity index (χ1v) is 9.20. The number of ether oxygens (including phenoxy) is 2. The zero-order chi connectivity index (χ0) is 19.8. The van der Waals surface area contributed by atoms with E-state index in [2.05, 4.69) is 28.7 Å². The van der Waals surface area contributed by atoms with E-state index in [9.17, 15) is 4.79 Å². The van der Waals surface area contributed by atoms with E-state index in [1.807, 2.05) is 37.6 Å². The number of anilines is 1. The lowest BCUT2D eigenvalue weighted by atomic mass is 10.2. The van der Waals surface area contributed by atoms with Gasteiger partial charge in [0, 0.05) is 43.3 Å². The summed E-state index contributed by atoms with van der Waals surface area (Å²) >= 11 is 0.